The predicted molar refractivity (Wildman–Crippen MR) is 93.1 cm³/mol. The molecule has 3 aromatic rings. The summed E-state index contributed by atoms with van der Waals surface area (Å²) in [6.07, 6.45) is 3.82. The molecule has 12 nitrogen and oxygen atoms in total. The Bertz CT molecular complexity index is 984. The van der Waals surface area contributed by atoms with Gasteiger partial charge in [-0.05, 0) is 19.1 Å². The zero-order chi connectivity index (χ0) is 20.0. The van der Waals surface area contributed by atoms with Crippen molar-refractivity contribution in [3.63, 3.8) is 0 Å². The Morgan fingerprint density at radius 1 is 1.15 bits per heavy atom. The third-order valence-corrected chi connectivity index (χ3v) is 3.11. The van der Waals surface area contributed by atoms with Crippen LogP contribution in [-0.4, -0.2) is 36.8 Å². The van der Waals surface area contributed by atoms with Crippen LogP contribution < -0.4 is 5.73 Å². The topological polar surface area (TPSA) is 169 Å². The molecule has 0 fully saturated rings. The molecule has 0 aliphatic rings. The summed E-state index contributed by atoms with van der Waals surface area (Å²) in [7, 11) is 0. The number of aromatic nitrogens is 3. The lowest BCUT2D eigenvalue weighted by Gasteiger charge is -1.95. The minimum atomic E-state index is -0.543. The molecule has 0 bridgehead atoms. The van der Waals surface area contributed by atoms with E-state index in [0.717, 1.165) is 6.20 Å². The minimum Gasteiger partial charge on any atom is -0.461 e. The number of rotatable bonds is 4. The van der Waals surface area contributed by atoms with Gasteiger partial charge in [-0.2, -0.15) is 0 Å². The van der Waals surface area contributed by atoms with Gasteiger partial charge in [0.1, 0.15) is 17.7 Å². The number of fused-ring (bicyclic) bond motifs is 1. The van der Waals surface area contributed by atoms with Crippen LogP contribution in [0.3, 0.4) is 0 Å². The highest BCUT2D eigenvalue weighted by molar-refractivity contribution is 5.88. The van der Waals surface area contributed by atoms with Crippen LogP contribution in [0.25, 0.3) is 5.65 Å². The highest BCUT2D eigenvalue weighted by Crippen LogP contribution is 2.14. The molecule has 0 saturated carbocycles. The number of nitro groups is 2. The maximum atomic E-state index is 11.4. The second-order valence-electron chi connectivity index (χ2n) is 4.95. The van der Waals surface area contributed by atoms with E-state index in [0.29, 0.717) is 5.65 Å². The van der Waals surface area contributed by atoms with Crippen molar-refractivity contribution in [3.05, 3.63) is 68.8 Å². The summed E-state index contributed by atoms with van der Waals surface area (Å²) in [6.45, 7) is 1.95. The molecule has 140 valence electrons. The number of nitrogen functional groups attached to an aromatic ring is 1. The fourth-order valence-corrected chi connectivity index (χ4v) is 1.90. The number of carbonyl (C=O) groups excluding carboxylic acids is 1. The zero-order valence-corrected chi connectivity index (χ0v) is 14.0. The summed E-state index contributed by atoms with van der Waals surface area (Å²) >= 11 is 0. The Morgan fingerprint density at radius 3 is 2.37 bits per heavy atom. The average molecular weight is 374 g/mol. The first-order valence-corrected chi connectivity index (χ1v) is 7.48. The highest BCUT2D eigenvalue weighted by atomic mass is 16.6. The number of hydrogen-bond donors (Lipinski definition) is 1. The molecule has 0 amide bonds. The van der Waals surface area contributed by atoms with Gasteiger partial charge in [0.15, 0.2) is 5.69 Å². The smallest absolute Gasteiger partial charge is 0.358 e. The van der Waals surface area contributed by atoms with E-state index in [1.54, 1.807) is 6.92 Å². The standard InChI is InChI=1S/C10H9N3O4.C5H5N3O2/c1-2-17-10(14)8-6-12-5-7(13(15)16)3-4-9(12)11-8;6-5-2-1-4(3-7-5)8(9)10/h3-6H,2H2,1H3;1-3H,(H2,6,7). The van der Waals surface area contributed by atoms with Crippen LogP contribution >= 0.6 is 0 Å². The highest BCUT2D eigenvalue weighted by Gasteiger charge is 2.13. The molecule has 3 rings (SSSR count). The molecule has 0 spiro atoms. The van der Waals surface area contributed by atoms with Gasteiger partial charge >= 0.3 is 5.97 Å². The lowest BCUT2D eigenvalue weighted by molar-refractivity contribution is -0.385. The largest absolute Gasteiger partial charge is 0.461 e. The summed E-state index contributed by atoms with van der Waals surface area (Å²) < 4.78 is 6.21. The van der Waals surface area contributed by atoms with E-state index < -0.39 is 15.8 Å². The third-order valence-electron chi connectivity index (χ3n) is 3.11. The average Bonchev–Trinajstić information content (AvgIpc) is 3.06. The Balaban J connectivity index is 0.000000223. The maximum Gasteiger partial charge on any atom is 0.358 e. The number of anilines is 1. The molecule has 0 unspecified atom stereocenters. The second-order valence-corrected chi connectivity index (χ2v) is 4.95. The van der Waals surface area contributed by atoms with Gasteiger partial charge in [0.2, 0.25) is 0 Å². The molecule has 3 heterocycles. The Morgan fingerprint density at radius 2 is 1.81 bits per heavy atom. The molecule has 0 aliphatic heterocycles. The van der Waals surface area contributed by atoms with Crippen molar-refractivity contribution < 1.29 is 19.4 Å². The molecule has 0 aliphatic carbocycles. The quantitative estimate of drug-likeness (QED) is 0.407. The van der Waals surface area contributed by atoms with Gasteiger partial charge in [-0.3, -0.25) is 24.6 Å². The number of pyridine rings is 2. The van der Waals surface area contributed by atoms with E-state index >= 15 is 0 Å². The van der Waals surface area contributed by atoms with E-state index in [1.807, 2.05) is 0 Å². The minimum absolute atomic E-state index is 0.0470. The lowest BCUT2D eigenvalue weighted by Crippen LogP contribution is -2.04. The summed E-state index contributed by atoms with van der Waals surface area (Å²) in [4.78, 5) is 38.5. The fourth-order valence-electron chi connectivity index (χ4n) is 1.90. The van der Waals surface area contributed by atoms with E-state index in [2.05, 4.69) is 9.97 Å². The van der Waals surface area contributed by atoms with Gasteiger partial charge in [-0.15, -0.1) is 0 Å². The number of nitrogens with two attached hydrogens (primary N) is 1. The monoisotopic (exact) mass is 374 g/mol. The molecule has 12 heteroatoms. The number of carbonyl (C=O) groups is 1. The van der Waals surface area contributed by atoms with E-state index in [4.69, 9.17) is 10.5 Å². The molecule has 0 atom stereocenters. The number of hydrogen-bond acceptors (Lipinski definition) is 9. The zero-order valence-electron chi connectivity index (χ0n) is 14.0. The van der Waals surface area contributed by atoms with E-state index in [1.165, 1.54) is 41.1 Å². The van der Waals surface area contributed by atoms with Crippen molar-refractivity contribution in [1.82, 2.24) is 14.4 Å². The molecular weight excluding hydrogens is 360 g/mol. The normalized spacial score (nSPS) is 9.96. The van der Waals surface area contributed by atoms with Gasteiger partial charge in [0.05, 0.1) is 22.7 Å². The maximum absolute atomic E-state index is 11.4. The van der Waals surface area contributed by atoms with Crippen LogP contribution in [0.15, 0.2) is 42.9 Å². The van der Waals surface area contributed by atoms with Crippen molar-refractivity contribution in [1.29, 1.82) is 0 Å². The lowest BCUT2D eigenvalue weighted by atomic mass is 10.4. The number of imidazole rings is 1. The molecular formula is C15H14N6O6. The first-order chi connectivity index (χ1) is 12.8. The van der Waals surface area contributed by atoms with Gasteiger partial charge in [0, 0.05) is 18.3 Å². The van der Waals surface area contributed by atoms with Crippen LogP contribution in [-0.2, 0) is 4.74 Å². The summed E-state index contributed by atoms with van der Waals surface area (Å²) in [6, 6.07) is 5.50. The SMILES string of the molecule is CCOC(=O)c1cn2cc([N+](=O)[O-])ccc2n1.Nc1ccc([N+](=O)[O-])cn1. The van der Waals surface area contributed by atoms with Crippen molar-refractivity contribution in [2.75, 3.05) is 12.3 Å². The Labute approximate surface area is 151 Å². The molecule has 0 aromatic carbocycles. The van der Waals surface area contributed by atoms with Crippen molar-refractivity contribution >= 4 is 28.8 Å². The van der Waals surface area contributed by atoms with E-state index in [9.17, 15) is 25.0 Å². The molecule has 3 aromatic heterocycles. The Kier molecular flexibility index (Phi) is 5.94. The Hall–Kier alpha value is -4.09. The van der Waals surface area contributed by atoms with Gasteiger partial charge in [0.25, 0.3) is 11.4 Å². The number of nitrogens with zero attached hydrogens (tertiary/aromatic N) is 5. The molecule has 0 radical (unpaired) electrons. The summed E-state index contributed by atoms with van der Waals surface area (Å²) in [5.41, 5.74) is 5.67. The fraction of sp³-hybridized carbons (Fsp3) is 0.133. The van der Waals surface area contributed by atoms with Crippen molar-refractivity contribution in [2.24, 2.45) is 0 Å². The number of esters is 1. The van der Waals surface area contributed by atoms with Gasteiger partial charge in [-0.1, -0.05) is 0 Å². The van der Waals surface area contributed by atoms with Crippen LogP contribution in [0.4, 0.5) is 17.2 Å². The van der Waals surface area contributed by atoms with Crippen molar-refractivity contribution in [2.45, 2.75) is 6.92 Å². The van der Waals surface area contributed by atoms with E-state index in [-0.39, 0.29) is 29.5 Å². The van der Waals surface area contributed by atoms with Crippen LogP contribution in [0, 0.1) is 20.2 Å². The first-order valence-electron chi connectivity index (χ1n) is 7.48. The van der Waals surface area contributed by atoms with Gasteiger partial charge < -0.3 is 10.5 Å². The van der Waals surface area contributed by atoms with Gasteiger partial charge in [-0.25, -0.2) is 14.8 Å². The molecule has 27 heavy (non-hydrogen) atoms. The predicted octanol–water partition coefficient (Wildman–Crippen LogP) is 1.99. The van der Waals surface area contributed by atoms with Crippen molar-refractivity contribution in [3.8, 4) is 0 Å². The molecule has 0 saturated heterocycles. The number of ether oxygens (including phenoxy) is 1. The second kappa shape index (κ2) is 8.33. The van der Waals surface area contributed by atoms with Crippen LogP contribution in [0.5, 0.6) is 0 Å². The summed E-state index contributed by atoms with van der Waals surface area (Å²) in [5.74, 6) is -0.260. The third kappa shape index (κ3) is 4.94. The first kappa shape index (κ1) is 19.2. The summed E-state index contributed by atoms with van der Waals surface area (Å²) in [5, 5.41) is 20.6. The van der Waals surface area contributed by atoms with Crippen LogP contribution in [0.1, 0.15) is 17.4 Å². The molecule has 2 N–H and O–H groups in total. The van der Waals surface area contributed by atoms with Crippen LogP contribution in [0.2, 0.25) is 0 Å².